The van der Waals surface area contributed by atoms with Gasteiger partial charge in [-0.2, -0.15) is 0 Å². The summed E-state index contributed by atoms with van der Waals surface area (Å²) >= 11 is 0. The Morgan fingerprint density at radius 3 is 2.38 bits per heavy atom. The van der Waals surface area contributed by atoms with E-state index in [-0.39, 0.29) is 0 Å². The second kappa shape index (κ2) is 9.22. The fraction of sp³-hybridized carbons (Fsp3) is 0.571. The van der Waals surface area contributed by atoms with E-state index in [1.807, 2.05) is 31.2 Å². The van der Waals surface area contributed by atoms with Crippen LogP contribution in [-0.4, -0.2) is 19.8 Å². The van der Waals surface area contributed by atoms with E-state index < -0.39 is 0 Å². The van der Waals surface area contributed by atoms with Crippen LogP contribution in [0.15, 0.2) is 24.3 Å². The summed E-state index contributed by atoms with van der Waals surface area (Å²) in [7, 11) is 0. The Labute approximate surface area is 98.6 Å². The molecule has 2 nitrogen and oxygen atoms in total. The lowest BCUT2D eigenvalue weighted by atomic mass is 10.2. The molecule has 0 spiro atoms. The van der Waals surface area contributed by atoms with Gasteiger partial charge in [0, 0.05) is 13.2 Å². The van der Waals surface area contributed by atoms with Crippen LogP contribution in [0.5, 0.6) is 5.75 Å². The van der Waals surface area contributed by atoms with E-state index in [9.17, 15) is 0 Å². The molecule has 0 fully saturated rings. The molecule has 0 aromatic heterocycles. The van der Waals surface area contributed by atoms with Crippen LogP contribution in [0.1, 0.15) is 32.6 Å². The summed E-state index contributed by atoms with van der Waals surface area (Å²) in [6, 6.07) is 10.6. The van der Waals surface area contributed by atoms with Crippen molar-refractivity contribution in [2.45, 2.75) is 32.6 Å². The highest BCUT2D eigenvalue weighted by Gasteiger charge is 1.93. The first-order valence-electron chi connectivity index (χ1n) is 6.10. The highest BCUT2D eigenvalue weighted by atomic mass is 16.5. The average molecular weight is 221 g/mol. The van der Waals surface area contributed by atoms with Gasteiger partial charge in [0.15, 0.2) is 0 Å². The van der Waals surface area contributed by atoms with Crippen molar-refractivity contribution < 1.29 is 9.47 Å². The number of benzene rings is 1. The van der Waals surface area contributed by atoms with E-state index >= 15 is 0 Å². The van der Waals surface area contributed by atoms with Crippen molar-refractivity contribution in [3.05, 3.63) is 30.3 Å². The molecule has 1 radical (unpaired) electrons. The van der Waals surface area contributed by atoms with Crippen LogP contribution in [-0.2, 0) is 4.74 Å². The molecule has 1 aromatic rings. The van der Waals surface area contributed by atoms with Crippen molar-refractivity contribution in [1.29, 1.82) is 0 Å². The maximum Gasteiger partial charge on any atom is 0.119 e. The molecule has 0 unspecified atom stereocenters. The first kappa shape index (κ1) is 13.0. The summed E-state index contributed by atoms with van der Waals surface area (Å²) in [4.78, 5) is 0. The molecule has 0 atom stereocenters. The molecule has 0 N–H and O–H groups in total. The van der Waals surface area contributed by atoms with E-state index in [1.54, 1.807) is 0 Å². The average Bonchev–Trinajstić information content (AvgIpc) is 2.34. The molecule has 1 rings (SSSR count). The zero-order valence-corrected chi connectivity index (χ0v) is 10.1. The molecule has 0 heterocycles. The van der Waals surface area contributed by atoms with Crippen molar-refractivity contribution in [1.82, 2.24) is 0 Å². The summed E-state index contributed by atoms with van der Waals surface area (Å²) in [5.41, 5.74) is 0. The van der Waals surface area contributed by atoms with Gasteiger partial charge in [-0.05, 0) is 44.4 Å². The van der Waals surface area contributed by atoms with Gasteiger partial charge < -0.3 is 9.47 Å². The lowest BCUT2D eigenvalue weighted by Crippen LogP contribution is -1.98. The van der Waals surface area contributed by atoms with Crippen molar-refractivity contribution in [2.75, 3.05) is 19.8 Å². The number of hydrogen-bond donors (Lipinski definition) is 0. The molecule has 0 amide bonds. The van der Waals surface area contributed by atoms with Crippen LogP contribution in [0, 0.1) is 6.07 Å². The molecule has 0 aliphatic heterocycles. The smallest absolute Gasteiger partial charge is 0.119 e. The molecule has 16 heavy (non-hydrogen) atoms. The minimum absolute atomic E-state index is 0.804. The highest BCUT2D eigenvalue weighted by molar-refractivity contribution is 5.20. The van der Waals surface area contributed by atoms with Crippen LogP contribution in [0.25, 0.3) is 0 Å². The van der Waals surface area contributed by atoms with Crippen LogP contribution in [0.3, 0.4) is 0 Å². The van der Waals surface area contributed by atoms with Crippen LogP contribution in [0.2, 0.25) is 0 Å². The molecule has 0 saturated carbocycles. The summed E-state index contributed by atoms with van der Waals surface area (Å²) < 4.78 is 10.9. The minimum Gasteiger partial charge on any atom is -0.494 e. The van der Waals surface area contributed by atoms with E-state index in [0.29, 0.717) is 0 Å². The molecule has 89 valence electrons. The summed E-state index contributed by atoms with van der Waals surface area (Å²) in [5, 5.41) is 0. The van der Waals surface area contributed by atoms with E-state index in [2.05, 4.69) is 6.07 Å². The molecule has 0 aliphatic rings. The second-order valence-corrected chi connectivity index (χ2v) is 3.70. The van der Waals surface area contributed by atoms with Gasteiger partial charge in [0.05, 0.1) is 6.61 Å². The Morgan fingerprint density at radius 1 is 1.00 bits per heavy atom. The maximum atomic E-state index is 5.58. The summed E-state index contributed by atoms with van der Waals surface area (Å²) in [5.74, 6) is 0.938. The number of rotatable bonds is 9. The molecular formula is C14H21O2. The molecule has 0 aliphatic carbocycles. The van der Waals surface area contributed by atoms with Crippen molar-refractivity contribution in [2.24, 2.45) is 0 Å². The van der Waals surface area contributed by atoms with Gasteiger partial charge in [-0.3, -0.25) is 0 Å². The molecule has 2 heteroatoms. The van der Waals surface area contributed by atoms with E-state index in [1.165, 1.54) is 12.8 Å². The van der Waals surface area contributed by atoms with Gasteiger partial charge in [0.1, 0.15) is 5.75 Å². The topological polar surface area (TPSA) is 18.5 Å². The Hall–Kier alpha value is -1.02. The van der Waals surface area contributed by atoms with Gasteiger partial charge in [-0.1, -0.05) is 18.6 Å². The number of unbranched alkanes of at least 4 members (excludes halogenated alkanes) is 3. The zero-order valence-electron chi connectivity index (χ0n) is 10.1. The zero-order chi connectivity index (χ0) is 11.5. The Kier molecular flexibility index (Phi) is 7.52. The lowest BCUT2D eigenvalue weighted by Gasteiger charge is -2.05. The van der Waals surface area contributed by atoms with Crippen molar-refractivity contribution in [3.63, 3.8) is 0 Å². The quantitative estimate of drug-likeness (QED) is 0.594. The fourth-order valence-corrected chi connectivity index (χ4v) is 1.46. The summed E-state index contributed by atoms with van der Waals surface area (Å²) in [6.45, 7) is 4.56. The Balaban J connectivity index is 1.89. The first-order chi connectivity index (χ1) is 7.93. The van der Waals surface area contributed by atoms with Crippen LogP contribution < -0.4 is 4.74 Å². The van der Waals surface area contributed by atoms with E-state index in [4.69, 9.17) is 9.47 Å². The normalized spacial score (nSPS) is 10.3. The summed E-state index contributed by atoms with van der Waals surface area (Å²) in [6.07, 6.45) is 4.72. The van der Waals surface area contributed by atoms with Crippen molar-refractivity contribution >= 4 is 0 Å². The Bertz CT molecular complexity index is 246. The fourth-order valence-electron chi connectivity index (χ4n) is 1.46. The van der Waals surface area contributed by atoms with Crippen LogP contribution in [0.4, 0.5) is 0 Å². The van der Waals surface area contributed by atoms with Gasteiger partial charge in [-0.15, -0.1) is 0 Å². The highest BCUT2D eigenvalue weighted by Crippen LogP contribution is 2.09. The predicted molar refractivity (Wildman–Crippen MR) is 65.7 cm³/mol. The standard InChI is InChI=1S/C14H21O2/c1-2-15-12-8-3-4-9-13-16-14-10-6-5-7-11-14/h6-7,10-11H,2-4,8-9,12-13H2,1H3. The third kappa shape index (κ3) is 6.46. The number of ether oxygens (including phenoxy) is 2. The largest absolute Gasteiger partial charge is 0.494 e. The SMILES string of the molecule is CCOCCCCCCOc1cc[c]cc1. The van der Waals surface area contributed by atoms with Crippen LogP contribution >= 0.6 is 0 Å². The monoisotopic (exact) mass is 221 g/mol. The minimum atomic E-state index is 0.804. The van der Waals surface area contributed by atoms with Gasteiger partial charge in [0.2, 0.25) is 0 Å². The molecule has 0 saturated heterocycles. The van der Waals surface area contributed by atoms with Gasteiger partial charge in [-0.25, -0.2) is 0 Å². The number of hydrogen-bond acceptors (Lipinski definition) is 2. The molecule has 1 aromatic carbocycles. The predicted octanol–water partition coefficient (Wildman–Crippen LogP) is 3.46. The molecule has 0 bridgehead atoms. The third-order valence-electron chi connectivity index (χ3n) is 2.34. The third-order valence-corrected chi connectivity index (χ3v) is 2.34. The van der Waals surface area contributed by atoms with Gasteiger partial charge in [0.25, 0.3) is 0 Å². The Morgan fingerprint density at radius 2 is 1.69 bits per heavy atom. The second-order valence-electron chi connectivity index (χ2n) is 3.70. The van der Waals surface area contributed by atoms with Gasteiger partial charge >= 0.3 is 0 Å². The maximum absolute atomic E-state index is 5.58. The molecular weight excluding hydrogens is 200 g/mol. The first-order valence-corrected chi connectivity index (χ1v) is 6.10. The van der Waals surface area contributed by atoms with Crippen molar-refractivity contribution in [3.8, 4) is 5.75 Å². The lowest BCUT2D eigenvalue weighted by molar-refractivity contribution is 0.142. The van der Waals surface area contributed by atoms with E-state index in [0.717, 1.165) is 38.4 Å².